The maximum absolute atomic E-state index is 13.4. The van der Waals surface area contributed by atoms with Crippen LogP contribution in [-0.2, 0) is 24.2 Å². The van der Waals surface area contributed by atoms with Crippen molar-refractivity contribution in [3.8, 4) is 0 Å². The third kappa shape index (κ3) is 5.48. The Balaban J connectivity index is 1.76. The van der Waals surface area contributed by atoms with Crippen LogP contribution in [0.2, 0.25) is 0 Å². The molecule has 132 valence electrons. The van der Waals surface area contributed by atoms with Gasteiger partial charge in [0.05, 0.1) is 17.3 Å². The highest BCUT2D eigenvalue weighted by atomic mass is 32.2. The first-order valence-corrected chi connectivity index (χ1v) is 10.1. The van der Waals surface area contributed by atoms with Crippen molar-refractivity contribution in [2.45, 2.75) is 30.4 Å². The van der Waals surface area contributed by atoms with Crippen LogP contribution >= 0.6 is 11.8 Å². The summed E-state index contributed by atoms with van der Waals surface area (Å²) < 4.78 is 41.1. The van der Waals surface area contributed by atoms with Gasteiger partial charge in [-0.15, -0.1) is 11.8 Å². The van der Waals surface area contributed by atoms with Crippen LogP contribution in [0.3, 0.4) is 0 Å². The second-order valence-electron chi connectivity index (χ2n) is 5.46. The Kier molecular flexibility index (Phi) is 6.22. The Hall–Kier alpha value is -1.61. The van der Waals surface area contributed by atoms with Crippen LogP contribution in [0.25, 0.3) is 0 Å². The molecule has 0 unspecified atom stereocenters. The van der Waals surface area contributed by atoms with Gasteiger partial charge in [0.1, 0.15) is 5.82 Å². The molecule has 1 aliphatic rings. The number of nitrogens with one attached hydrogen (secondary N) is 1. The van der Waals surface area contributed by atoms with Crippen LogP contribution in [0, 0.1) is 5.82 Å². The minimum atomic E-state index is -3.09. The highest BCUT2D eigenvalue weighted by Gasteiger charge is 2.30. The van der Waals surface area contributed by atoms with E-state index < -0.39 is 39.7 Å². The van der Waals surface area contributed by atoms with Crippen molar-refractivity contribution in [2.75, 3.05) is 17.3 Å². The smallest absolute Gasteiger partial charge is 0.317 e. The summed E-state index contributed by atoms with van der Waals surface area (Å²) in [7, 11) is -3.09. The maximum Gasteiger partial charge on any atom is 0.317 e. The fourth-order valence-corrected chi connectivity index (χ4v) is 4.61. The zero-order valence-corrected chi connectivity index (χ0v) is 14.7. The van der Waals surface area contributed by atoms with Crippen LogP contribution in [0.15, 0.2) is 29.2 Å². The zero-order valence-electron chi connectivity index (χ0n) is 13.0. The van der Waals surface area contributed by atoms with E-state index in [0.29, 0.717) is 11.3 Å². The molecule has 1 aromatic rings. The molecule has 0 radical (unpaired) electrons. The molecule has 0 aliphatic carbocycles. The molecule has 1 heterocycles. The number of hydrogen-bond acceptors (Lipinski definition) is 6. The number of amides is 1. The predicted octanol–water partition coefficient (Wildman–Crippen LogP) is 1.15. The summed E-state index contributed by atoms with van der Waals surface area (Å²) in [5, 5.41) is 2.56. The number of thioether (sulfide) groups is 1. The number of halogens is 1. The Morgan fingerprint density at radius 2 is 2.12 bits per heavy atom. The highest BCUT2D eigenvalue weighted by molar-refractivity contribution is 8.00. The number of sulfone groups is 1. The third-order valence-electron chi connectivity index (χ3n) is 3.44. The van der Waals surface area contributed by atoms with E-state index in [9.17, 15) is 22.4 Å². The van der Waals surface area contributed by atoms with Gasteiger partial charge in [-0.25, -0.2) is 12.8 Å². The lowest BCUT2D eigenvalue weighted by molar-refractivity contribution is -0.152. The third-order valence-corrected chi connectivity index (χ3v) is 6.23. The summed E-state index contributed by atoms with van der Waals surface area (Å²) >= 11 is 0.981. The lowest BCUT2D eigenvalue weighted by atomic mass is 10.2. The first kappa shape index (κ1) is 18.7. The molecule has 0 saturated carbocycles. The summed E-state index contributed by atoms with van der Waals surface area (Å²) in [6, 6.07) is 5.59. The number of rotatable bonds is 6. The summed E-state index contributed by atoms with van der Waals surface area (Å²) in [4.78, 5) is 24.0. The van der Waals surface area contributed by atoms with Crippen LogP contribution < -0.4 is 5.32 Å². The number of carbonyl (C=O) groups excluding carboxylic acids is 2. The number of hydrogen-bond donors (Lipinski definition) is 1. The molecule has 0 spiro atoms. The SMILES string of the molecule is C[C@H](OC(=O)CSc1ccccc1F)C(=O)N[C@@H]1CCS(=O)(=O)C1. The van der Waals surface area contributed by atoms with E-state index in [1.54, 1.807) is 18.2 Å². The maximum atomic E-state index is 13.4. The normalized spacial score (nSPS) is 20.3. The largest absolute Gasteiger partial charge is 0.452 e. The number of esters is 1. The number of ether oxygens (including phenoxy) is 1. The molecule has 1 aliphatic heterocycles. The van der Waals surface area contributed by atoms with Gasteiger partial charge < -0.3 is 10.1 Å². The Morgan fingerprint density at radius 3 is 2.75 bits per heavy atom. The van der Waals surface area contributed by atoms with Gasteiger partial charge in [-0.05, 0) is 25.5 Å². The van der Waals surface area contributed by atoms with Crippen molar-refractivity contribution < 1.29 is 27.1 Å². The van der Waals surface area contributed by atoms with Crippen molar-refractivity contribution >= 4 is 33.5 Å². The minimum Gasteiger partial charge on any atom is -0.452 e. The first-order chi connectivity index (χ1) is 11.3. The average Bonchev–Trinajstić information content (AvgIpc) is 2.85. The lowest BCUT2D eigenvalue weighted by Crippen LogP contribution is -2.42. The molecular formula is C15H18FNO5S2. The van der Waals surface area contributed by atoms with Crippen molar-refractivity contribution in [3.63, 3.8) is 0 Å². The fraction of sp³-hybridized carbons (Fsp3) is 0.467. The Bertz CT molecular complexity index is 722. The van der Waals surface area contributed by atoms with E-state index in [2.05, 4.69) is 5.32 Å². The summed E-state index contributed by atoms with van der Waals surface area (Å²) in [6.07, 6.45) is -0.681. The van der Waals surface area contributed by atoms with E-state index in [-0.39, 0.29) is 17.3 Å². The second kappa shape index (κ2) is 7.98. The van der Waals surface area contributed by atoms with Gasteiger partial charge in [0.15, 0.2) is 15.9 Å². The van der Waals surface area contributed by atoms with E-state index >= 15 is 0 Å². The van der Waals surface area contributed by atoms with Crippen LogP contribution in [0.5, 0.6) is 0 Å². The fourth-order valence-electron chi connectivity index (χ4n) is 2.21. The molecule has 9 heteroatoms. The van der Waals surface area contributed by atoms with E-state index in [4.69, 9.17) is 4.74 Å². The van der Waals surface area contributed by atoms with Crippen molar-refractivity contribution in [3.05, 3.63) is 30.1 Å². The van der Waals surface area contributed by atoms with Gasteiger partial charge in [0.2, 0.25) is 0 Å². The molecule has 2 rings (SSSR count). The topological polar surface area (TPSA) is 89.5 Å². The van der Waals surface area contributed by atoms with E-state index in [1.807, 2.05) is 0 Å². The molecule has 1 amide bonds. The van der Waals surface area contributed by atoms with Gasteiger partial charge >= 0.3 is 5.97 Å². The summed E-state index contributed by atoms with van der Waals surface area (Å²) in [6.45, 7) is 1.41. The minimum absolute atomic E-state index is 0.0470. The lowest BCUT2D eigenvalue weighted by Gasteiger charge is -2.16. The monoisotopic (exact) mass is 375 g/mol. The van der Waals surface area contributed by atoms with Gasteiger partial charge in [0, 0.05) is 10.9 Å². The van der Waals surface area contributed by atoms with Gasteiger partial charge in [-0.2, -0.15) is 0 Å². The molecule has 1 saturated heterocycles. The van der Waals surface area contributed by atoms with Gasteiger partial charge in [0.25, 0.3) is 5.91 Å². The first-order valence-electron chi connectivity index (χ1n) is 7.34. The zero-order chi connectivity index (χ0) is 17.7. The number of benzene rings is 1. The summed E-state index contributed by atoms with van der Waals surface area (Å²) in [5.41, 5.74) is 0. The van der Waals surface area contributed by atoms with Gasteiger partial charge in [-0.3, -0.25) is 9.59 Å². The molecule has 1 N–H and O–H groups in total. The average molecular weight is 375 g/mol. The molecule has 6 nitrogen and oxygen atoms in total. The van der Waals surface area contributed by atoms with E-state index in [0.717, 1.165) is 11.8 Å². The summed E-state index contributed by atoms with van der Waals surface area (Å²) in [5.74, 6) is -1.79. The molecule has 0 bridgehead atoms. The molecule has 1 fully saturated rings. The second-order valence-corrected chi connectivity index (χ2v) is 8.71. The van der Waals surface area contributed by atoms with Crippen molar-refractivity contribution in [2.24, 2.45) is 0 Å². The van der Waals surface area contributed by atoms with Crippen LogP contribution in [0.1, 0.15) is 13.3 Å². The van der Waals surface area contributed by atoms with Crippen LogP contribution in [-0.4, -0.2) is 49.7 Å². The Morgan fingerprint density at radius 1 is 1.42 bits per heavy atom. The quantitative estimate of drug-likeness (QED) is 0.593. The van der Waals surface area contributed by atoms with Crippen molar-refractivity contribution in [1.82, 2.24) is 5.32 Å². The predicted molar refractivity (Wildman–Crippen MR) is 87.9 cm³/mol. The Labute approximate surface area is 144 Å². The molecule has 0 aromatic heterocycles. The molecule has 2 atom stereocenters. The van der Waals surface area contributed by atoms with Gasteiger partial charge in [-0.1, -0.05) is 12.1 Å². The highest BCUT2D eigenvalue weighted by Crippen LogP contribution is 2.21. The molecule has 1 aromatic carbocycles. The van der Waals surface area contributed by atoms with Crippen molar-refractivity contribution in [1.29, 1.82) is 0 Å². The molecule has 24 heavy (non-hydrogen) atoms. The standard InChI is InChI=1S/C15H18FNO5S2/c1-10(15(19)17-11-6-7-24(20,21)9-11)22-14(18)8-23-13-5-3-2-4-12(13)16/h2-5,10-11H,6-9H2,1H3,(H,17,19)/t10-,11+/m0/s1. The number of carbonyl (C=O) groups is 2. The van der Waals surface area contributed by atoms with Crippen LogP contribution in [0.4, 0.5) is 4.39 Å². The van der Waals surface area contributed by atoms with E-state index in [1.165, 1.54) is 13.0 Å². The molecular weight excluding hydrogens is 357 g/mol.